The Morgan fingerprint density at radius 2 is 1.96 bits per heavy atom. The van der Waals surface area contributed by atoms with Crippen LogP contribution in [0.25, 0.3) is 5.65 Å². The third kappa shape index (κ3) is 3.48. The lowest BCUT2D eigenvalue weighted by Gasteiger charge is -2.24. The van der Waals surface area contributed by atoms with Gasteiger partial charge in [-0.1, -0.05) is 29.8 Å². The standard InChI is InChI=1S/C19H23ClN6/c20-15-4-2-1-3-13(15)10-23-16-9-18(22)25-26-11-17(24-19(16)26)12-5-7-14(21)8-6-12/h1-4,9,11-12,14,23H,5-8,10,21H2,(H2,22,25)/t12-,14-. The molecule has 5 N–H and O–H groups in total. The number of hydrogen-bond acceptors (Lipinski definition) is 5. The fraction of sp³-hybridized carbons (Fsp3) is 0.368. The van der Waals surface area contributed by atoms with Gasteiger partial charge in [0, 0.05) is 29.6 Å². The molecule has 136 valence electrons. The highest BCUT2D eigenvalue weighted by Crippen LogP contribution is 2.32. The van der Waals surface area contributed by atoms with Crippen molar-refractivity contribution in [2.24, 2.45) is 5.73 Å². The fourth-order valence-corrected chi connectivity index (χ4v) is 3.79. The van der Waals surface area contributed by atoms with Gasteiger partial charge in [0.15, 0.2) is 5.65 Å². The Balaban J connectivity index is 1.61. The van der Waals surface area contributed by atoms with E-state index in [2.05, 4.69) is 10.4 Å². The number of nitrogens with zero attached hydrogens (tertiary/aromatic N) is 3. The van der Waals surface area contributed by atoms with E-state index < -0.39 is 0 Å². The van der Waals surface area contributed by atoms with Gasteiger partial charge in [-0.05, 0) is 37.3 Å². The van der Waals surface area contributed by atoms with Crippen molar-refractivity contribution >= 4 is 28.8 Å². The number of halogens is 1. The van der Waals surface area contributed by atoms with Crippen LogP contribution < -0.4 is 16.8 Å². The van der Waals surface area contributed by atoms with Crippen LogP contribution in [-0.2, 0) is 6.54 Å². The van der Waals surface area contributed by atoms with Crippen molar-refractivity contribution in [2.75, 3.05) is 11.1 Å². The van der Waals surface area contributed by atoms with Gasteiger partial charge in [-0.2, -0.15) is 0 Å². The van der Waals surface area contributed by atoms with E-state index in [9.17, 15) is 0 Å². The van der Waals surface area contributed by atoms with E-state index in [0.717, 1.165) is 53.3 Å². The lowest BCUT2D eigenvalue weighted by molar-refractivity contribution is 0.391. The maximum Gasteiger partial charge on any atom is 0.177 e. The van der Waals surface area contributed by atoms with Crippen LogP contribution in [0, 0.1) is 0 Å². The molecule has 3 aromatic rings. The minimum absolute atomic E-state index is 0.324. The number of anilines is 2. The van der Waals surface area contributed by atoms with Gasteiger partial charge in [-0.25, -0.2) is 9.50 Å². The summed E-state index contributed by atoms with van der Waals surface area (Å²) >= 11 is 6.25. The predicted molar refractivity (Wildman–Crippen MR) is 105 cm³/mol. The maximum absolute atomic E-state index is 6.25. The van der Waals surface area contributed by atoms with E-state index in [4.69, 9.17) is 28.1 Å². The first-order valence-corrected chi connectivity index (χ1v) is 9.36. The lowest BCUT2D eigenvalue weighted by Crippen LogP contribution is -2.25. The van der Waals surface area contributed by atoms with E-state index in [1.165, 1.54) is 0 Å². The second-order valence-electron chi connectivity index (χ2n) is 6.97. The minimum atomic E-state index is 0.324. The first-order valence-electron chi connectivity index (χ1n) is 8.99. The minimum Gasteiger partial charge on any atom is -0.382 e. The molecule has 7 heteroatoms. The van der Waals surface area contributed by atoms with Crippen molar-refractivity contribution < 1.29 is 0 Å². The van der Waals surface area contributed by atoms with Crippen LogP contribution in [-0.4, -0.2) is 20.6 Å². The van der Waals surface area contributed by atoms with Crippen molar-refractivity contribution in [1.82, 2.24) is 14.6 Å². The number of fused-ring (bicyclic) bond motifs is 1. The van der Waals surface area contributed by atoms with Crippen molar-refractivity contribution in [2.45, 2.75) is 44.2 Å². The van der Waals surface area contributed by atoms with Crippen LogP contribution in [0.1, 0.15) is 42.9 Å². The summed E-state index contributed by atoms with van der Waals surface area (Å²) in [6.45, 7) is 0.596. The van der Waals surface area contributed by atoms with Gasteiger partial charge in [0.2, 0.25) is 0 Å². The van der Waals surface area contributed by atoms with E-state index >= 15 is 0 Å². The van der Waals surface area contributed by atoms with Crippen LogP contribution in [0.15, 0.2) is 36.5 Å². The number of imidazole rings is 1. The molecule has 0 unspecified atom stereocenters. The zero-order chi connectivity index (χ0) is 18.1. The summed E-state index contributed by atoms with van der Waals surface area (Å²) < 4.78 is 1.77. The summed E-state index contributed by atoms with van der Waals surface area (Å²) in [6.07, 6.45) is 6.23. The number of benzene rings is 1. The van der Waals surface area contributed by atoms with Gasteiger partial charge in [0.05, 0.1) is 17.6 Å². The fourth-order valence-electron chi connectivity index (χ4n) is 3.59. The molecule has 1 aliphatic carbocycles. The van der Waals surface area contributed by atoms with Gasteiger partial charge in [-0.3, -0.25) is 0 Å². The summed E-state index contributed by atoms with van der Waals surface area (Å²) in [6, 6.07) is 9.92. The Hall–Kier alpha value is -2.31. The molecule has 0 saturated heterocycles. The predicted octanol–water partition coefficient (Wildman–Crippen LogP) is 3.56. The quantitative estimate of drug-likeness (QED) is 0.652. The zero-order valence-corrected chi connectivity index (χ0v) is 15.3. The molecule has 1 aliphatic rings. The third-order valence-corrected chi connectivity index (χ3v) is 5.45. The number of nitrogens with two attached hydrogens (primary N) is 2. The van der Waals surface area contributed by atoms with Crippen molar-refractivity contribution in [3.05, 3.63) is 52.8 Å². The highest BCUT2D eigenvalue weighted by atomic mass is 35.5. The molecule has 1 fully saturated rings. The molecule has 2 aromatic heterocycles. The van der Waals surface area contributed by atoms with Crippen LogP contribution in [0.3, 0.4) is 0 Å². The maximum atomic E-state index is 6.25. The van der Waals surface area contributed by atoms with Gasteiger partial charge in [0.1, 0.15) is 5.82 Å². The third-order valence-electron chi connectivity index (χ3n) is 5.08. The summed E-state index contributed by atoms with van der Waals surface area (Å²) in [4.78, 5) is 4.85. The Morgan fingerprint density at radius 3 is 2.73 bits per heavy atom. The van der Waals surface area contributed by atoms with Gasteiger partial charge in [-0.15, -0.1) is 5.10 Å². The average Bonchev–Trinajstić information content (AvgIpc) is 3.05. The molecule has 1 aromatic carbocycles. The Morgan fingerprint density at radius 1 is 1.19 bits per heavy atom. The Labute approximate surface area is 157 Å². The van der Waals surface area contributed by atoms with Crippen LogP contribution in [0.5, 0.6) is 0 Å². The molecule has 0 bridgehead atoms. The van der Waals surface area contributed by atoms with Gasteiger partial charge >= 0.3 is 0 Å². The van der Waals surface area contributed by atoms with Gasteiger partial charge < -0.3 is 16.8 Å². The first kappa shape index (κ1) is 17.1. The first-order chi connectivity index (χ1) is 12.6. The zero-order valence-electron chi connectivity index (χ0n) is 14.5. The molecule has 0 spiro atoms. The average molecular weight is 371 g/mol. The molecule has 4 rings (SSSR count). The van der Waals surface area contributed by atoms with Crippen molar-refractivity contribution in [1.29, 1.82) is 0 Å². The van der Waals surface area contributed by atoms with E-state index in [1.807, 2.05) is 36.5 Å². The number of nitrogen functional groups attached to an aromatic ring is 1. The second kappa shape index (κ2) is 7.13. The van der Waals surface area contributed by atoms with Crippen LogP contribution in [0.2, 0.25) is 5.02 Å². The van der Waals surface area contributed by atoms with Crippen LogP contribution >= 0.6 is 11.6 Å². The topological polar surface area (TPSA) is 94.3 Å². The Kier molecular flexibility index (Phi) is 4.70. The summed E-state index contributed by atoms with van der Waals surface area (Å²) in [5, 5.41) is 8.52. The molecule has 1 saturated carbocycles. The SMILES string of the molecule is Nc1cc(NCc2ccccc2Cl)c2nc([C@H]3CC[C@H](N)CC3)cn2n1. The molecule has 0 radical (unpaired) electrons. The summed E-state index contributed by atoms with van der Waals surface area (Å²) in [7, 11) is 0. The molecule has 6 nitrogen and oxygen atoms in total. The normalized spacial score (nSPS) is 20.4. The molecular formula is C19H23ClN6. The van der Waals surface area contributed by atoms with Crippen LogP contribution in [0.4, 0.5) is 11.5 Å². The molecule has 0 aliphatic heterocycles. The largest absolute Gasteiger partial charge is 0.382 e. The number of aromatic nitrogens is 3. The number of hydrogen-bond donors (Lipinski definition) is 3. The van der Waals surface area contributed by atoms with Gasteiger partial charge in [0.25, 0.3) is 0 Å². The highest BCUT2D eigenvalue weighted by Gasteiger charge is 2.23. The van der Waals surface area contributed by atoms with E-state index in [0.29, 0.717) is 24.3 Å². The molecule has 0 atom stereocenters. The molecule has 0 amide bonds. The smallest absolute Gasteiger partial charge is 0.177 e. The summed E-state index contributed by atoms with van der Waals surface area (Å²) in [5.41, 5.74) is 15.7. The highest BCUT2D eigenvalue weighted by molar-refractivity contribution is 6.31. The van der Waals surface area contributed by atoms with Crippen molar-refractivity contribution in [3.63, 3.8) is 0 Å². The number of rotatable bonds is 4. The summed E-state index contributed by atoms with van der Waals surface area (Å²) in [5.74, 6) is 0.892. The molecule has 2 heterocycles. The monoisotopic (exact) mass is 370 g/mol. The second-order valence-corrected chi connectivity index (χ2v) is 7.38. The molecular weight excluding hydrogens is 348 g/mol. The van der Waals surface area contributed by atoms with E-state index in [-0.39, 0.29) is 0 Å². The number of nitrogens with one attached hydrogen (secondary N) is 1. The van der Waals surface area contributed by atoms with E-state index in [1.54, 1.807) is 4.52 Å². The Bertz CT molecular complexity index is 914. The molecule has 26 heavy (non-hydrogen) atoms. The lowest BCUT2D eigenvalue weighted by atomic mass is 9.85. The van der Waals surface area contributed by atoms with Crippen molar-refractivity contribution in [3.8, 4) is 0 Å².